The molecule has 5 rings (SSSR count). The zero-order chi connectivity index (χ0) is 12.2. The molecule has 1 heteroatoms. The zero-order valence-corrected chi connectivity index (χ0v) is 11.0. The van der Waals surface area contributed by atoms with Gasteiger partial charge < -0.3 is 5.11 Å². The lowest BCUT2D eigenvalue weighted by Crippen LogP contribution is -2.36. The fraction of sp³-hybridized carbons (Fsp3) is 0.647. The molecule has 1 spiro atoms. The Kier molecular flexibility index (Phi) is 2.27. The van der Waals surface area contributed by atoms with E-state index in [9.17, 15) is 5.11 Å². The summed E-state index contributed by atoms with van der Waals surface area (Å²) >= 11 is 0. The Hall–Kier alpha value is -0.980. The molecule has 1 N–H and O–H groups in total. The smallest absolute Gasteiger partial charge is 0.119 e. The molecule has 4 aliphatic rings. The van der Waals surface area contributed by atoms with E-state index in [2.05, 4.69) is 12.1 Å². The maximum atomic E-state index is 10.1. The Morgan fingerprint density at radius 3 is 2.44 bits per heavy atom. The van der Waals surface area contributed by atoms with Gasteiger partial charge in [-0.25, -0.2) is 0 Å². The van der Waals surface area contributed by atoms with Gasteiger partial charge in [0, 0.05) is 0 Å². The van der Waals surface area contributed by atoms with Crippen molar-refractivity contribution in [3.63, 3.8) is 0 Å². The molecule has 4 aliphatic carbocycles. The van der Waals surface area contributed by atoms with Crippen LogP contribution in [0.15, 0.2) is 18.2 Å². The zero-order valence-electron chi connectivity index (χ0n) is 11.0. The van der Waals surface area contributed by atoms with Crippen LogP contribution < -0.4 is 0 Å². The number of rotatable bonds is 0. The van der Waals surface area contributed by atoms with Crippen LogP contribution in [0.2, 0.25) is 0 Å². The van der Waals surface area contributed by atoms with Crippen molar-refractivity contribution >= 4 is 0 Å². The number of phenols is 1. The lowest BCUT2D eigenvalue weighted by Gasteiger charge is -2.45. The average molecular weight is 242 g/mol. The van der Waals surface area contributed by atoms with Crippen molar-refractivity contribution in [3.05, 3.63) is 29.3 Å². The van der Waals surface area contributed by atoms with E-state index in [1.807, 2.05) is 6.07 Å². The summed E-state index contributed by atoms with van der Waals surface area (Å²) in [6.45, 7) is 0. The topological polar surface area (TPSA) is 20.2 Å². The third-order valence-electron chi connectivity index (χ3n) is 6.05. The van der Waals surface area contributed by atoms with E-state index in [4.69, 9.17) is 0 Å². The number of benzene rings is 1. The van der Waals surface area contributed by atoms with Gasteiger partial charge in [-0.2, -0.15) is 0 Å². The van der Waals surface area contributed by atoms with Gasteiger partial charge in [0.25, 0.3) is 0 Å². The van der Waals surface area contributed by atoms with Gasteiger partial charge in [0.15, 0.2) is 0 Å². The highest BCUT2D eigenvalue weighted by molar-refractivity contribution is 5.44. The van der Waals surface area contributed by atoms with E-state index in [-0.39, 0.29) is 0 Å². The maximum absolute atomic E-state index is 10.1. The molecule has 1 aromatic rings. The van der Waals surface area contributed by atoms with E-state index in [0.717, 1.165) is 5.92 Å². The predicted molar refractivity (Wildman–Crippen MR) is 73.0 cm³/mol. The summed E-state index contributed by atoms with van der Waals surface area (Å²) in [5.74, 6) is 2.08. The first-order valence-corrected chi connectivity index (χ1v) is 7.63. The first kappa shape index (κ1) is 10.9. The average Bonchev–Trinajstić information content (AvgIpc) is 2.89. The van der Waals surface area contributed by atoms with Crippen molar-refractivity contribution in [2.45, 2.75) is 62.7 Å². The van der Waals surface area contributed by atoms with Crippen LogP contribution in [0.3, 0.4) is 0 Å². The Morgan fingerprint density at radius 1 is 1.00 bits per heavy atom. The second-order valence-corrected chi connectivity index (χ2v) is 6.69. The van der Waals surface area contributed by atoms with Crippen LogP contribution in [-0.2, 0) is 5.41 Å². The molecule has 1 nitrogen and oxygen atoms in total. The molecular weight excluding hydrogens is 220 g/mol. The number of fused-ring (bicyclic) bond motifs is 2. The first-order chi connectivity index (χ1) is 8.79. The molecule has 0 unspecified atom stereocenters. The summed E-state index contributed by atoms with van der Waals surface area (Å²) < 4.78 is 0. The highest BCUT2D eigenvalue weighted by atomic mass is 16.3. The van der Waals surface area contributed by atoms with Crippen LogP contribution in [-0.4, -0.2) is 5.11 Å². The van der Waals surface area contributed by atoms with E-state index in [1.54, 1.807) is 5.56 Å². The number of hydrogen-bond donors (Lipinski definition) is 1. The lowest BCUT2D eigenvalue weighted by molar-refractivity contribution is 0.185. The van der Waals surface area contributed by atoms with Crippen molar-refractivity contribution in [3.8, 4) is 5.75 Å². The number of aromatic hydroxyl groups is 1. The molecule has 0 amide bonds. The fourth-order valence-corrected chi connectivity index (χ4v) is 5.09. The molecule has 4 bridgehead atoms. The summed E-state index contributed by atoms with van der Waals surface area (Å²) in [4.78, 5) is 0. The van der Waals surface area contributed by atoms with E-state index in [0.29, 0.717) is 17.1 Å². The third-order valence-corrected chi connectivity index (χ3v) is 6.05. The highest BCUT2D eigenvalue weighted by Gasteiger charge is 2.45. The minimum Gasteiger partial charge on any atom is -0.508 e. The van der Waals surface area contributed by atoms with Crippen LogP contribution in [0.4, 0.5) is 0 Å². The molecule has 0 heterocycles. The van der Waals surface area contributed by atoms with Crippen molar-refractivity contribution in [2.24, 2.45) is 5.92 Å². The lowest BCUT2D eigenvalue weighted by atomic mass is 9.59. The van der Waals surface area contributed by atoms with Crippen molar-refractivity contribution in [1.29, 1.82) is 0 Å². The third kappa shape index (κ3) is 1.34. The van der Waals surface area contributed by atoms with Gasteiger partial charge in [-0.3, -0.25) is 0 Å². The Morgan fingerprint density at radius 2 is 1.72 bits per heavy atom. The molecular formula is C17H22O. The summed E-state index contributed by atoms with van der Waals surface area (Å²) in [5, 5.41) is 10.1. The largest absolute Gasteiger partial charge is 0.508 e. The molecule has 0 aliphatic heterocycles. The summed E-state index contributed by atoms with van der Waals surface area (Å²) in [6.07, 6.45) is 10.9. The standard InChI is InChI=1S/C17H22O/c18-16-8-7-14-11-15(16)12-3-5-13(6-4-12)17(14)9-1-2-10-17/h7-8,11-13,18H,1-6,9-10H2. The molecule has 18 heavy (non-hydrogen) atoms. The second kappa shape index (κ2) is 3.76. The van der Waals surface area contributed by atoms with Gasteiger partial charge in [-0.05, 0) is 73.0 Å². The van der Waals surface area contributed by atoms with Gasteiger partial charge in [0.2, 0.25) is 0 Å². The second-order valence-electron chi connectivity index (χ2n) is 6.69. The maximum Gasteiger partial charge on any atom is 0.119 e. The molecule has 96 valence electrons. The molecule has 2 fully saturated rings. The number of hydrogen-bond acceptors (Lipinski definition) is 1. The quantitative estimate of drug-likeness (QED) is 0.710. The van der Waals surface area contributed by atoms with Crippen molar-refractivity contribution in [1.82, 2.24) is 0 Å². The Bertz CT molecular complexity index is 462. The number of phenolic OH excluding ortho intramolecular Hbond substituents is 1. The molecule has 0 aromatic heterocycles. The summed E-state index contributed by atoms with van der Waals surface area (Å²) in [7, 11) is 0. The van der Waals surface area contributed by atoms with Crippen LogP contribution in [0.25, 0.3) is 0 Å². The predicted octanol–water partition coefficient (Wildman–Crippen LogP) is 4.49. The van der Waals surface area contributed by atoms with Crippen molar-refractivity contribution in [2.75, 3.05) is 0 Å². The molecule has 2 saturated carbocycles. The van der Waals surface area contributed by atoms with Gasteiger partial charge in [0.05, 0.1) is 0 Å². The fourth-order valence-electron chi connectivity index (χ4n) is 5.09. The van der Waals surface area contributed by atoms with Gasteiger partial charge in [-0.15, -0.1) is 0 Å². The van der Waals surface area contributed by atoms with Crippen LogP contribution in [0.1, 0.15) is 68.4 Å². The molecule has 1 aromatic carbocycles. The normalized spacial score (nSPS) is 32.4. The van der Waals surface area contributed by atoms with E-state index >= 15 is 0 Å². The van der Waals surface area contributed by atoms with Crippen LogP contribution in [0.5, 0.6) is 5.75 Å². The summed E-state index contributed by atoms with van der Waals surface area (Å²) in [6, 6.07) is 6.53. The van der Waals surface area contributed by atoms with E-state index < -0.39 is 0 Å². The Balaban J connectivity index is 1.93. The van der Waals surface area contributed by atoms with Gasteiger partial charge in [0.1, 0.15) is 5.75 Å². The van der Waals surface area contributed by atoms with Crippen LogP contribution in [0, 0.1) is 5.92 Å². The minimum absolute atomic E-state index is 0.466. The molecule has 0 radical (unpaired) electrons. The molecule has 0 saturated heterocycles. The minimum atomic E-state index is 0.466. The van der Waals surface area contributed by atoms with Gasteiger partial charge >= 0.3 is 0 Å². The monoisotopic (exact) mass is 242 g/mol. The highest BCUT2D eigenvalue weighted by Crippen LogP contribution is 2.56. The van der Waals surface area contributed by atoms with Gasteiger partial charge in [-0.1, -0.05) is 25.0 Å². The van der Waals surface area contributed by atoms with E-state index in [1.165, 1.54) is 56.9 Å². The SMILES string of the molecule is Oc1ccc2cc1C1CCC(CC1)C21CCCC1. The first-order valence-electron chi connectivity index (χ1n) is 7.63. The van der Waals surface area contributed by atoms with Crippen LogP contribution >= 0.6 is 0 Å². The Labute approximate surface area is 109 Å². The molecule has 0 atom stereocenters. The van der Waals surface area contributed by atoms with Crippen molar-refractivity contribution < 1.29 is 5.11 Å². The summed E-state index contributed by atoms with van der Waals surface area (Å²) in [5.41, 5.74) is 3.26.